The van der Waals surface area contributed by atoms with Crippen molar-refractivity contribution in [2.24, 2.45) is 17.3 Å². The average molecular weight is 316 g/mol. The molecule has 0 radical (unpaired) electrons. The Kier molecular flexibility index (Phi) is 2.90. The van der Waals surface area contributed by atoms with Gasteiger partial charge in [-0.3, -0.25) is 4.79 Å². The van der Waals surface area contributed by atoms with Crippen LogP contribution in [0.1, 0.15) is 49.3 Å². The topological polar surface area (TPSA) is 17.1 Å². The molecule has 1 nitrogen and oxygen atoms in total. The van der Waals surface area contributed by atoms with Crippen molar-refractivity contribution in [3.63, 3.8) is 0 Å². The fourth-order valence-electron chi connectivity index (χ4n) is 5.37. The molecule has 5 rings (SSSR count). The molecule has 0 aromatic heterocycles. The maximum Gasteiger partial charge on any atom is 0.144 e. The van der Waals surface area contributed by atoms with Crippen molar-refractivity contribution >= 4 is 16.6 Å². The van der Waals surface area contributed by atoms with E-state index in [2.05, 4.69) is 56.3 Å². The Labute approximate surface area is 143 Å². The van der Waals surface area contributed by atoms with Gasteiger partial charge in [-0.05, 0) is 64.5 Å². The second kappa shape index (κ2) is 4.81. The van der Waals surface area contributed by atoms with Gasteiger partial charge in [-0.1, -0.05) is 56.3 Å². The third kappa shape index (κ3) is 1.90. The zero-order valence-electron chi connectivity index (χ0n) is 14.5. The van der Waals surface area contributed by atoms with Crippen LogP contribution in [0.2, 0.25) is 0 Å². The number of carbonyl (C=O) groups excluding carboxylic acids is 1. The zero-order valence-corrected chi connectivity index (χ0v) is 14.5. The third-order valence-electron chi connectivity index (χ3n) is 6.77. The SMILES string of the molecule is CC(C)c1ccc2cc3c(cc2c1)CC1(CC2C=CC1C2)C(=O)C3. The van der Waals surface area contributed by atoms with E-state index in [1.54, 1.807) is 0 Å². The van der Waals surface area contributed by atoms with Crippen molar-refractivity contribution in [2.75, 3.05) is 0 Å². The lowest BCUT2D eigenvalue weighted by Crippen LogP contribution is -2.41. The fraction of sp³-hybridized carbons (Fsp3) is 0.435. The molecule has 3 aliphatic rings. The molecular formula is C23H24O. The van der Waals surface area contributed by atoms with Crippen LogP contribution in [0.15, 0.2) is 42.5 Å². The van der Waals surface area contributed by atoms with Gasteiger partial charge in [0.1, 0.15) is 5.78 Å². The van der Waals surface area contributed by atoms with Crippen LogP contribution in [0.4, 0.5) is 0 Å². The van der Waals surface area contributed by atoms with E-state index in [0.29, 0.717) is 30.0 Å². The number of carbonyl (C=O) groups is 1. The van der Waals surface area contributed by atoms with Crippen LogP contribution in [-0.2, 0) is 17.6 Å². The Bertz CT molecular complexity index is 888. The normalized spacial score (nSPS) is 30.7. The van der Waals surface area contributed by atoms with E-state index in [-0.39, 0.29) is 5.41 Å². The van der Waals surface area contributed by atoms with Crippen LogP contribution in [0.5, 0.6) is 0 Å². The van der Waals surface area contributed by atoms with Crippen molar-refractivity contribution in [2.45, 2.75) is 45.4 Å². The van der Waals surface area contributed by atoms with E-state index in [9.17, 15) is 4.79 Å². The van der Waals surface area contributed by atoms with E-state index in [1.807, 2.05) is 0 Å². The summed E-state index contributed by atoms with van der Waals surface area (Å²) in [5, 5.41) is 2.61. The van der Waals surface area contributed by atoms with Crippen molar-refractivity contribution in [3.05, 3.63) is 59.2 Å². The molecule has 3 atom stereocenters. The van der Waals surface area contributed by atoms with Gasteiger partial charge in [0.25, 0.3) is 0 Å². The largest absolute Gasteiger partial charge is 0.299 e. The number of benzene rings is 2. The van der Waals surface area contributed by atoms with Gasteiger partial charge in [0, 0.05) is 11.8 Å². The summed E-state index contributed by atoms with van der Waals surface area (Å²) in [4.78, 5) is 13.0. The predicted molar refractivity (Wildman–Crippen MR) is 98.2 cm³/mol. The fourth-order valence-corrected chi connectivity index (χ4v) is 5.37. The molecule has 1 spiro atoms. The van der Waals surface area contributed by atoms with Crippen LogP contribution in [0.25, 0.3) is 10.8 Å². The maximum atomic E-state index is 13.0. The van der Waals surface area contributed by atoms with E-state index in [1.165, 1.54) is 33.9 Å². The standard InChI is InChI=1S/C23H24O/c1-14(2)16-4-5-17-9-19-11-22(24)23(12-15-3-6-21(23)7-15)13-20(19)10-18(17)8-16/h3-6,8-10,14-15,21H,7,11-13H2,1-2H3. The quantitative estimate of drug-likeness (QED) is 0.660. The maximum absolute atomic E-state index is 13.0. The third-order valence-corrected chi connectivity index (χ3v) is 6.77. The second-order valence-electron chi connectivity index (χ2n) is 8.51. The first-order valence-corrected chi connectivity index (χ1v) is 9.32. The zero-order chi connectivity index (χ0) is 16.5. The summed E-state index contributed by atoms with van der Waals surface area (Å²) < 4.78 is 0. The number of hydrogen-bond donors (Lipinski definition) is 0. The smallest absolute Gasteiger partial charge is 0.144 e. The van der Waals surface area contributed by atoms with Crippen LogP contribution in [0.3, 0.4) is 0 Å². The van der Waals surface area contributed by atoms with E-state index in [4.69, 9.17) is 0 Å². The molecule has 3 aliphatic carbocycles. The molecule has 0 N–H and O–H groups in total. The average Bonchev–Trinajstić information content (AvgIpc) is 3.15. The summed E-state index contributed by atoms with van der Waals surface area (Å²) in [6.45, 7) is 4.49. The summed E-state index contributed by atoms with van der Waals surface area (Å²) >= 11 is 0. The van der Waals surface area contributed by atoms with Crippen LogP contribution >= 0.6 is 0 Å². The van der Waals surface area contributed by atoms with Gasteiger partial charge >= 0.3 is 0 Å². The van der Waals surface area contributed by atoms with Gasteiger partial charge in [-0.25, -0.2) is 0 Å². The van der Waals surface area contributed by atoms with Crippen LogP contribution in [0, 0.1) is 17.3 Å². The van der Waals surface area contributed by atoms with E-state index in [0.717, 1.165) is 12.8 Å². The lowest BCUT2D eigenvalue weighted by Gasteiger charge is -2.38. The van der Waals surface area contributed by atoms with Crippen molar-refractivity contribution < 1.29 is 4.79 Å². The van der Waals surface area contributed by atoms with Gasteiger partial charge in [0.2, 0.25) is 0 Å². The van der Waals surface area contributed by atoms with Gasteiger partial charge in [0.05, 0.1) is 0 Å². The monoisotopic (exact) mass is 316 g/mol. The van der Waals surface area contributed by atoms with E-state index >= 15 is 0 Å². The molecule has 0 saturated heterocycles. The van der Waals surface area contributed by atoms with E-state index < -0.39 is 0 Å². The summed E-state index contributed by atoms with van der Waals surface area (Å²) in [6.07, 6.45) is 8.54. The number of hydrogen-bond acceptors (Lipinski definition) is 1. The Morgan fingerprint density at radius 2 is 1.88 bits per heavy atom. The van der Waals surface area contributed by atoms with Crippen LogP contribution in [-0.4, -0.2) is 5.78 Å². The molecule has 2 bridgehead atoms. The second-order valence-corrected chi connectivity index (χ2v) is 8.51. The number of allylic oxidation sites excluding steroid dienone is 2. The summed E-state index contributed by atoms with van der Waals surface area (Å²) in [5.41, 5.74) is 3.99. The Hall–Kier alpha value is -1.89. The number of ketones is 1. The number of fused-ring (bicyclic) bond motifs is 5. The Morgan fingerprint density at radius 1 is 1.04 bits per heavy atom. The lowest BCUT2D eigenvalue weighted by molar-refractivity contribution is -0.130. The molecule has 0 amide bonds. The first-order valence-electron chi connectivity index (χ1n) is 9.32. The van der Waals surface area contributed by atoms with Crippen molar-refractivity contribution in [1.82, 2.24) is 0 Å². The summed E-state index contributed by atoms with van der Waals surface area (Å²) in [5.74, 6) is 2.17. The highest BCUT2D eigenvalue weighted by atomic mass is 16.1. The van der Waals surface area contributed by atoms with Crippen molar-refractivity contribution in [1.29, 1.82) is 0 Å². The molecular weight excluding hydrogens is 292 g/mol. The van der Waals surface area contributed by atoms with Crippen molar-refractivity contribution in [3.8, 4) is 0 Å². The molecule has 0 aliphatic heterocycles. The molecule has 2 aromatic rings. The van der Waals surface area contributed by atoms with Gasteiger partial charge < -0.3 is 0 Å². The van der Waals surface area contributed by atoms with Crippen LogP contribution < -0.4 is 0 Å². The minimum absolute atomic E-state index is 0.0875. The minimum Gasteiger partial charge on any atom is -0.299 e. The minimum atomic E-state index is -0.0875. The highest BCUT2D eigenvalue weighted by Crippen LogP contribution is 2.56. The molecule has 24 heavy (non-hydrogen) atoms. The molecule has 0 heterocycles. The first kappa shape index (κ1) is 14.5. The highest BCUT2D eigenvalue weighted by Gasteiger charge is 2.54. The molecule has 1 fully saturated rings. The first-order chi connectivity index (χ1) is 11.5. The highest BCUT2D eigenvalue weighted by molar-refractivity contribution is 5.93. The predicted octanol–water partition coefficient (Wildman–Crippen LogP) is 5.21. The molecule has 3 unspecified atom stereocenters. The Balaban J connectivity index is 1.62. The number of Topliss-reactive ketones (excluding diaryl/α,β-unsaturated/α-hetero) is 1. The van der Waals surface area contributed by atoms with Gasteiger partial charge in [-0.15, -0.1) is 0 Å². The number of rotatable bonds is 1. The molecule has 122 valence electrons. The molecule has 1 heteroatoms. The summed E-state index contributed by atoms with van der Waals surface area (Å²) in [7, 11) is 0. The molecule has 2 aromatic carbocycles. The van der Waals surface area contributed by atoms with Gasteiger partial charge in [0.15, 0.2) is 0 Å². The summed E-state index contributed by atoms with van der Waals surface area (Å²) in [6, 6.07) is 11.4. The Morgan fingerprint density at radius 3 is 2.58 bits per heavy atom. The van der Waals surface area contributed by atoms with Gasteiger partial charge in [-0.2, -0.15) is 0 Å². The lowest BCUT2D eigenvalue weighted by atomic mass is 9.63. The molecule has 1 saturated carbocycles.